The van der Waals surface area contributed by atoms with Crippen molar-refractivity contribution in [2.24, 2.45) is 7.05 Å². The van der Waals surface area contributed by atoms with Gasteiger partial charge in [-0.2, -0.15) is 5.10 Å². The molecule has 1 aliphatic heterocycles. The Bertz CT molecular complexity index is 820. The first kappa shape index (κ1) is 24.5. The first-order chi connectivity index (χ1) is 15.5. The number of aryl methyl sites for hydroxylation is 1. The lowest BCUT2D eigenvalue weighted by Gasteiger charge is -2.34. The van der Waals surface area contributed by atoms with E-state index >= 15 is 0 Å². The molecule has 3 rings (SSSR count). The Morgan fingerprint density at radius 1 is 1.12 bits per heavy atom. The number of aliphatic hydroxyl groups is 1. The maximum absolute atomic E-state index is 10.4. The van der Waals surface area contributed by atoms with E-state index in [4.69, 9.17) is 9.47 Å². The molecule has 0 amide bonds. The molecule has 1 fully saturated rings. The molecule has 0 spiro atoms. The van der Waals surface area contributed by atoms with Crippen LogP contribution in [0, 0.1) is 0 Å². The highest BCUT2D eigenvalue weighted by Crippen LogP contribution is 2.28. The van der Waals surface area contributed by atoms with E-state index in [0.717, 1.165) is 57.8 Å². The molecule has 2 aromatic rings. The Morgan fingerprint density at radius 2 is 1.88 bits per heavy atom. The lowest BCUT2D eigenvalue weighted by Crippen LogP contribution is -2.49. The quantitative estimate of drug-likeness (QED) is 0.531. The summed E-state index contributed by atoms with van der Waals surface area (Å²) in [4.78, 5) is 7.02. The van der Waals surface area contributed by atoms with Gasteiger partial charge in [-0.1, -0.05) is 13.0 Å². The van der Waals surface area contributed by atoms with Crippen molar-refractivity contribution in [1.29, 1.82) is 0 Å². The van der Waals surface area contributed by atoms with Crippen LogP contribution in [-0.4, -0.2) is 102 Å². The number of nitrogens with zero attached hydrogens (tertiary/aromatic N) is 5. The summed E-state index contributed by atoms with van der Waals surface area (Å²) in [7, 11) is 5.71. The SMILES string of the molecule is CCN1CCN(CC(O)COc2ccc(CN(C)CCc3cnn(C)c3)cc2OC)CC1. The van der Waals surface area contributed by atoms with Crippen molar-refractivity contribution in [3.05, 3.63) is 41.7 Å². The zero-order valence-corrected chi connectivity index (χ0v) is 20.0. The molecule has 1 aliphatic rings. The van der Waals surface area contributed by atoms with Crippen LogP contribution in [0.1, 0.15) is 18.1 Å². The van der Waals surface area contributed by atoms with Gasteiger partial charge in [-0.25, -0.2) is 0 Å². The Hall–Kier alpha value is -2.13. The maximum atomic E-state index is 10.4. The van der Waals surface area contributed by atoms with E-state index in [1.165, 1.54) is 5.56 Å². The number of likely N-dealkylation sites (N-methyl/N-ethyl adjacent to an activating group) is 2. The molecule has 0 saturated carbocycles. The molecule has 1 unspecified atom stereocenters. The molecule has 0 aliphatic carbocycles. The highest BCUT2D eigenvalue weighted by atomic mass is 16.5. The minimum Gasteiger partial charge on any atom is -0.493 e. The third-order valence-electron chi connectivity index (χ3n) is 6.03. The fourth-order valence-electron chi connectivity index (χ4n) is 4.07. The number of hydrogen-bond acceptors (Lipinski definition) is 7. The molecule has 1 aromatic heterocycles. The van der Waals surface area contributed by atoms with Gasteiger partial charge in [0.2, 0.25) is 0 Å². The van der Waals surface area contributed by atoms with E-state index in [9.17, 15) is 5.11 Å². The zero-order valence-electron chi connectivity index (χ0n) is 20.0. The van der Waals surface area contributed by atoms with E-state index in [1.807, 2.05) is 30.1 Å². The van der Waals surface area contributed by atoms with E-state index in [0.29, 0.717) is 18.0 Å². The zero-order chi connectivity index (χ0) is 22.9. The third kappa shape index (κ3) is 7.48. The number of hydrogen-bond donors (Lipinski definition) is 1. The minimum absolute atomic E-state index is 0.259. The van der Waals surface area contributed by atoms with E-state index in [2.05, 4.69) is 46.0 Å². The average Bonchev–Trinajstić information content (AvgIpc) is 3.22. The molecule has 1 aromatic carbocycles. The predicted octanol–water partition coefficient (Wildman–Crippen LogP) is 1.48. The summed E-state index contributed by atoms with van der Waals surface area (Å²) >= 11 is 0. The Kier molecular flexibility index (Phi) is 9.35. The van der Waals surface area contributed by atoms with Crippen LogP contribution < -0.4 is 9.47 Å². The largest absolute Gasteiger partial charge is 0.493 e. The summed E-state index contributed by atoms with van der Waals surface area (Å²) < 4.78 is 13.3. The van der Waals surface area contributed by atoms with Gasteiger partial charge in [0.15, 0.2) is 11.5 Å². The normalized spacial score (nSPS) is 16.4. The molecule has 0 bridgehead atoms. The molecule has 1 N–H and O–H groups in total. The Balaban J connectivity index is 1.44. The molecule has 1 saturated heterocycles. The van der Waals surface area contributed by atoms with Gasteiger partial charge in [0.25, 0.3) is 0 Å². The van der Waals surface area contributed by atoms with Crippen LogP contribution in [0.25, 0.3) is 0 Å². The summed E-state index contributed by atoms with van der Waals surface area (Å²) in [6.07, 6.45) is 4.42. The number of aromatic nitrogens is 2. The molecule has 2 heterocycles. The highest BCUT2D eigenvalue weighted by molar-refractivity contribution is 5.43. The smallest absolute Gasteiger partial charge is 0.161 e. The molecule has 8 nitrogen and oxygen atoms in total. The van der Waals surface area contributed by atoms with Crippen molar-refractivity contribution in [2.45, 2.75) is 26.0 Å². The lowest BCUT2D eigenvalue weighted by molar-refractivity contribution is 0.0464. The number of β-amino-alcohol motifs (C(OH)–C–C–N with tert-alkyl or cyclic N) is 1. The number of aliphatic hydroxyl groups excluding tert-OH is 1. The second-order valence-corrected chi connectivity index (χ2v) is 8.69. The van der Waals surface area contributed by atoms with Gasteiger partial charge in [0.1, 0.15) is 12.7 Å². The molecule has 0 radical (unpaired) electrons. The number of ether oxygens (including phenoxy) is 2. The average molecular weight is 446 g/mol. The van der Waals surface area contributed by atoms with Crippen LogP contribution in [0.5, 0.6) is 11.5 Å². The van der Waals surface area contributed by atoms with Crippen LogP contribution >= 0.6 is 0 Å². The van der Waals surface area contributed by atoms with Gasteiger partial charge in [-0.15, -0.1) is 0 Å². The molecule has 1 atom stereocenters. The van der Waals surface area contributed by atoms with E-state index < -0.39 is 6.10 Å². The molecular weight excluding hydrogens is 406 g/mol. The first-order valence-electron chi connectivity index (χ1n) is 11.6. The number of rotatable bonds is 12. The molecular formula is C24H39N5O3. The maximum Gasteiger partial charge on any atom is 0.161 e. The fraction of sp³-hybridized carbons (Fsp3) is 0.625. The van der Waals surface area contributed by atoms with Crippen LogP contribution in [0.2, 0.25) is 0 Å². The third-order valence-corrected chi connectivity index (χ3v) is 6.03. The summed E-state index contributed by atoms with van der Waals surface area (Å²) in [5.74, 6) is 1.37. The monoisotopic (exact) mass is 445 g/mol. The van der Waals surface area contributed by atoms with Gasteiger partial charge in [0, 0.05) is 59.1 Å². The van der Waals surface area contributed by atoms with E-state index in [-0.39, 0.29) is 6.61 Å². The van der Waals surface area contributed by atoms with Crippen LogP contribution in [0.4, 0.5) is 0 Å². The van der Waals surface area contributed by atoms with Gasteiger partial charge < -0.3 is 24.4 Å². The van der Waals surface area contributed by atoms with Crippen LogP contribution in [0.15, 0.2) is 30.6 Å². The summed E-state index contributed by atoms with van der Waals surface area (Å²) in [6, 6.07) is 6.02. The standard InChI is InChI=1S/C24H39N5O3/c1-5-28-10-12-29(13-11-28)18-22(30)19-32-23-7-6-20(14-24(23)31-4)16-26(2)9-8-21-15-25-27(3)17-21/h6-7,14-15,17,22,30H,5,8-13,16,18-19H2,1-4H3. The number of methoxy groups -OCH3 is 1. The fourth-order valence-corrected chi connectivity index (χ4v) is 4.07. The summed E-state index contributed by atoms with van der Waals surface area (Å²) in [6.45, 7) is 10.1. The highest BCUT2D eigenvalue weighted by Gasteiger charge is 2.19. The van der Waals surface area contributed by atoms with Crippen molar-refractivity contribution >= 4 is 0 Å². The van der Waals surface area contributed by atoms with Gasteiger partial charge >= 0.3 is 0 Å². The topological polar surface area (TPSA) is 66.2 Å². The lowest BCUT2D eigenvalue weighted by atomic mass is 10.1. The van der Waals surface area contributed by atoms with Crippen molar-refractivity contribution in [3.8, 4) is 11.5 Å². The molecule has 8 heteroatoms. The Morgan fingerprint density at radius 3 is 2.53 bits per heavy atom. The van der Waals surface area contributed by atoms with E-state index in [1.54, 1.807) is 7.11 Å². The van der Waals surface area contributed by atoms with Crippen molar-refractivity contribution in [3.63, 3.8) is 0 Å². The second-order valence-electron chi connectivity index (χ2n) is 8.69. The van der Waals surface area contributed by atoms with Crippen molar-refractivity contribution in [2.75, 3.05) is 66.6 Å². The van der Waals surface area contributed by atoms with Crippen molar-refractivity contribution in [1.82, 2.24) is 24.5 Å². The molecule has 32 heavy (non-hydrogen) atoms. The first-order valence-corrected chi connectivity index (χ1v) is 11.6. The summed E-state index contributed by atoms with van der Waals surface area (Å²) in [5.41, 5.74) is 2.41. The van der Waals surface area contributed by atoms with Crippen LogP contribution in [0.3, 0.4) is 0 Å². The van der Waals surface area contributed by atoms with Crippen molar-refractivity contribution < 1.29 is 14.6 Å². The van der Waals surface area contributed by atoms with Gasteiger partial charge in [-0.05, 0) is 43.3 Å². The predicted molar refractivity (Wildman–Crippen MR) is 126 cm³/mol. The second kappa shape index (κ2) is 12.2. The van der Waals surface area contributed by atoms with Gasteiger partial charge in [0.05, 0.1) is 13.3 Å². The number of benzene rings is 1. The number of piperazine rings is 1. The molecule has 178 valence electrons. The minimum atomic E-state index is -0.522. The Labute approximate surface area is 192 Å². The van der Waals surface area contributed by atoms with Crippen LogP contribution in [-0.2, 0) is 20.0 Å². The summed E-state index contributed by atoms with van der Waals surface area (Å²) in [5, 5.41) is 14.7. The van der Waals surface area contributed by atoms with Gasteiger partial charge in [-0.3, -0.25) is 9.58 Å².